The van der Waals surface area contributed by atoms with Crippen molar-refractivity contribution in [2.45, 2.75) is 44.7 Å². The maximum atomic E-state index is 13.9. The standard InChI is InChI=1S/C26H25F2N3O2/c1-16-14-30(15-29-16)24-9-6-17(11-25(24)33-2)10-19-12-20-4-3-5-23(31(20)26(19)32)18-7-8-21(27)22(28)13-18/h6-11,13-15,20,23H,3-5,12H2,1-2H3/b19-10+/t20-,23-/m0/s1. The second-order valence-corrected chi connectivity index (χ2v) is 8.71. The van der Waals surface area contributed by atoms with Gasteiger partial charge in [-0.15, -0.1) is 0 Å². The molecule has 3 heterocycles. The minimum absolute atomic E-state index is 0.0392. The van der Waals surface area contributed by atoms with E-state index in [1.165, 1.54) is 6.07 Å². The van der Waals surface area contributed by atoms with E-state index in [-0.39, 0.29) is 18.0 Å². The Morgan fingerprint density at radius 1 is 1.12 bits per heavy atom. The average Bonchev–Trinajstić information content (AvgIpc) is 3.38. The summed E-state index contributed by atoms with van der Waals surface area (Å²) < 4.78 is 34.8. The smallest absolute Gasteiger partial charge is 0.250 e. The minimum Gasteiger partial charge on any atom is -0.495 e. The number of hydrogen-bond acceptors (Lipinski definition) is 3. The Bertz CT molecular complexity index is 1250. The third-order valence-corrected chi connectivity index (χ3v) is 6.57. The molecule has 2 aromatic carbocycles. The van der Waals surface area contributed by atoms with Crippen LogP contribution >= 0.6 is 0 Å². The van der Waals surface area contributed by atoms with Crippen molar-refractivity contribution in [1.29, 1.82) is 0 Å². The Morgan fingerprint density at radius 2 is 1.97 bits per heavy atom. The molecule has 2 aliphatic rings. The van der Waals surface area contributed by atoms with Crippen molar-refractivity contribution in [3.8, 4) is 11.4 Å². The molecule has 0 bridgehead atoms. The van der Waals surface area contributed by atoms with Crippen molar-refractivity contribution >= 4 is 12.0 Å². The van der Waals surface area contributed by atoms with Crippen molar-refractivity contribution in [2.75, 3.05) is 7.11 Å². The molecule has 7 heteroatoms. The van der Waals surface area contributed by atoms with Crippen LogP contribution in [0.4, 0.5) is 8.78 Å². The van der Waals surface area contributed by atoms with Crippen molar-refractivity contribution < 1.29 is 18.3 Å². The van der Waals surface area contributed by atoms with Crippen LogP contribution in [0.1, 0.15) is 48.5 Å². The number of carbonyl (C=O) groups excluding carboxylic acids is 1. The number of aromatic nitrogens is 2. The SMILES string of the molecule is COc1cc(/C=C2\C[C@@H]3CCC[C@@H](c4ccc(F)c(F)c4)N3C2=O)ccc1-n1cnc(C)c1. The Balaban J connectivity index is 1.44. The lowest BCUT2D eigenvalue weighted by molar-refractivity contribution is -0.130. The van der Waals surface area contributed by atoms with E-state index in [0.717, 1.165) is 47.8 Å². The van der Waals surface area contributed by atoms with Gasteiger partial charge >= 0.3 is 0 Å². The van der Waals surface area contributed by atoms with Gasteiger partial charge in [0.2, 0.25) is 0 Å². The highest BCUT2D eigenvalue weighted by atomic mass is 19.2. The van der Waals surface area contributed by atoms with Crippen LogP contribution in [0.3, 0.4) is 0 Å². The summed E-state index contributed by atoms with van der Waals surface area (Å²) in [5.74, 6) is -1.10. The molecule has 33 heavy (non-hydrogen) atoms. The summed E-state index contributed by atoms with van der Waals surface area (Å²) in [4.78, 5) is 19.5. The maximum Gasteiger partial charge on any atom is 0.250 e. The predicted molar refractivity (Wildman–Crippen MR) is 121 cm³/mol. The van der Waals surface area contributed by atoms with Crippen molar-refractivity contribution in [1.82, 2.24) is 14.5 Å². The molecule has 5 rings (SSSR count). The van der Waals surface area contributed by atoms with Gasteiger partial charge in [-0.05, 0) is 74.1 Å². The average molecular weight is 450 g/mol. The van der Waals surface area contributed by atoms with Crippen LogP contribution < -0.4 is 4.74 Å². The van der Waals surface area contributed by atoms with E-state index in [0.29, 0.717) is 17.7 Å². The second kappa shape index (κ2) is 8.46. The molecule has 1 aromatic heterocycles. The molecule has 2 atom stereocenters. The number of nitrogens with zero attached hydrogens (tertiary/aromatic N) is 3. The molecule has 3 aromatic rings. The molecule has 0 unspecified atom stereocenters. The molecule has 2 aliphatic heterocycles. The van der Waals surface area contributed by atoms with E-state index in [2.05, 4.69) is 4.98 Å². The second-order valence-electron chi connectivity index (χ2n) is 8.71. The van der Waals surface area contributed by atoms with Crippen molar-refractivity contribution in [3.63, 3.8) is 0 Å². The Hall–Kier alpha value is -3.48. The number of piperidine rings is 1. The fraction of sp³-hybridized carbons (Fsp3) is 0.308. The van der Waals surface area contributed by atoms with Gasteiger partial charge in [-0.1, -0.05) is 12.1 Å². The number of fused-ring (bicyclic) bond motifs is 1. The van der Waals surface area contributed by atoms with Crippen LogP contribution in [0.2, 0.25) is 0 Å². The molecule has 0 spiro atoms. The summed E-state index contributed by atoms with van der Waals surface area (Å²) >= 11 is 0. The number of aryl methyl sites for hydroxylation is 1. The molecular formula is C26H25F2N3O2. The molecule has 2 saturated heterocycles. The number of halogens is 2. The van der Waals surface area contributed by atoms with E-state index in [1.807, 2.05) is 46.9 Å². The van der Waals surface area contributed by atoms with E-state index < -0.39 is 11.6 Å². The summed E-state index contributed by atoms with van der Waals surface area (Å²) in [5, 5.41) is 0. The Morgan fingerprint density at radius 3 is 2.70 bits per heavy atom. The zero-order chi connectivity index (χ0) is 23.1. The first-order valence-electron chi connectivity index (χ1n) is 11.1. The molecule has 5 nitrogen and oxygen atoms in total. The first-order valence-corrected chi connectivity index (χ1v) is 11.1. The fourth-order valence-electron chi connectivity index (χ4n) is 5.01. The first kappa shape index (κ1) is 21.4. The quantitative estimate of drug-likeness (QED) is 0.503. The van der Waals surface area contributed by atoms with E-state index in [9.17, 15) is 13.6 Å². The lowest BCUT2D eigenvalue weighted by Crippen LogP contribution is -2.40. The number of hydrogen-bond donors (Lipinski definition) is 0. The molecule has 0 N–H and O–H groups in total. The normalized spacial score (nSPS) is 21.5. The molecule has 0 radical (unpaired) electrons. The Kier molecular flexibility index (Phi) is 5.48. The molecular weight excluding hydrogens is 424 g/mol. The number of ether oxygens (including phenoxy) is 1. The molecule has 2 fully saturated rings. The van der Waals surface area contributed by atoms with Gasteiger partial charge in [0.15, 0.2) is 11.6 Å². The summed E-state index contributed by atoms with van der Waals surface area (Å²) in [6.07, 6.45) is 8.81. The summed E-state index contributed by atoms with van der Waals surface area (Å²) in [6, 6.07) is 9.60. The van der Waals surface area contributed by atoms with Gasteiger partial charge in [-0.25, -0.2) is 13.8 Å². The predicted octanol–water partition coefficient (Wildman–Crippen LogP) is 5.38. The largest absolute Gasteiger partial charge is 0.495 e. The van der Waals surface area contributed by atoms with Gasteiger partial charge in [-0.3, -0.25) is 4.79 Å². The molecule has 0 aliphatic carbocycles. The molecule has 170 valence electrons. The van der Waals surface area contributed by atoms with Gasteiger partial charge in [0.05, 0.1) is 30.9 Å². The molecule has 1 amide bonds. The van der Waals surface area contributed by atoms with Crippen molar-refractivity contribution in [3.05, 3.63) is 83.0 Å². The van der Waals surface area contributed by atoms with E-state index in [1.54, 1.807) is 19.5 Å². The highest BCUT2D eigenvalue weighted by molar-refractivity contribution is 6.00. The van der Waals surface area contributed by atoms with Gasteiger partial charge in [-0.2, -0.15) is 0 Å². The van der Waals surface area contributed by atoms with Crippen molar-refractivity contribution in [2.24, 2.45) is 0 Å². The van der Waals surface area contributed by atoms with E-state index >= 15 is 0 Å². The van der Waals surface area contributed by atoms with Crippen LogP contribution in [0.15, 0.2) is 54.5 Å². The summed E-state index contributed by atoms with van der Waals surface area (Å²) in [6.45, 7) is 1.93. The van der Waals surface area contributed by atoms with Crippen LogP contribution in [-0.4, -0.2) is 33.5 Å². The molecule has 0 saturated carbocycles. The van der Waals surface area contributed by atoms with Gasteiger partial charge in [0, 0.05) is 17.8 Å². The van der Waals surface area contributed by atoms with Crippen LogP contribution in [-0.2, 0) is 4.79 Å². The maximum absolute atomic E-state index is 13.9. The highest BCUT2D eigenvalue weighted by Crippen LogP contribution is 2.42. The number of methoxy groups -OCH3 is 1. The first-order chi connectivity index (χ1) is 15.9. The summed E-state index contributed by atoms with van der Waals surface area (Å²) in [7, 11) is 1.62. The van der Waals surface area contributed by atoms with E-state index in [4.69, 9.17) is 4.74 Å². The van der Waals surface area contributed by atoms with Crippen LogP contribution in [0.25, 0.3) is 11.8 Å². The third kappa shape index (κ3) is 3.92. The monoisotopic (exact) mass is 449 g/mol. The zero-order valence-corrected chi connectivity index (χ0v) is 18.6. The lowest BCUT2D eigenvalue weighted by Gasteiger charge is -2.37. The van der Waals surface area contributed by atoms with Gasteiger partial charge in [0.25, 0.3) is 5.91 Å². The third-order valence-electron chi connectivity index (χ3n) is 6.57. The zero-order valence-electron chi connectivity index (χ0n) is 18.6. The minimum atomic E-state index is -0.877. The van der Waals surface area contributed by atoms with Gasteiger partial charge in [0.1, 0.15) is 5.75 Å². The number of carbonyl (C=O) groups is 1. The summed E-state index contributed by atoms with van der Waals surface area (Å²) in [5.41, 5.74) is 4.03. The lowest BCUT2D eigenvalue weighted by atomic mass is 9.91. The Labute approximate surface area is 191 Å². The number of benzene rings is 2. The van der Waals surface area contributed by atoms with Crippen LogP contribution in [0.5, 0.6) is 5.75 Å². The fourth-order valence-corrected chi connectivity index (χ4v) is 5.01. The number of amides is 1. The van der Waals surface area contributed by atoms with Gasteiger partial charge < -0.3 is 14.2 Å². The topological polar surface area (TPSA) is 47.4 Å². The van der Waals surface area contributed by atoms with Crippen LogP contribution in [0, 0.1) is 18.6 Å². The highest BCUT2D eigenvalue weighted by Gasteiger charge is 2.42. The number of rotatable bonds is 4. The number of imidazole rings is 1.